The highest BCUT2D eigenvalue weighted by atomic mass is 127. The van der Waals surface area contributed by atoms with E-state index >= 15 is 0 Å². The minimum Gasteiger partial charge on any atom is -0.492 e. The number of rotatable bonds is 5. The molecule has 0 fully saturated rings. The molecule has 0 aromatic heterocycles. The van der Waals surface area contributed by atoms with Gasteiger partial charge in [0.1, 0.15) is 23.9 Å². The number of carboxylic acid groups (broad SMARTS) is 1. The predicted octanol–water partition coefficient (Wildman–Crippen LogP) is -0.580. The Morgan fingerprint density at radius 3 is 2.50 bits per heavy atom. The molecule has 0 spiro atoms. The van der Waals surface area contributed by atoms with Crippen molar-refractivity contribution in [3.05, 3.63) is 31.4 Å². The standard InChI is InChI=1S/C19H22IN5O9/c1-8-17(29)24-13(2-3-14(26)27)19(31)23-12(16(21)28)4-5-34-15-10(18(30)22-8)6-9(25(32)33)7-11(15)20/h6-8,12-13H,2-5H2,1H3,(H2,21,28)(H,22,30)(H,23,31)(H,24,29)(H,26,27). The SMILES string of the molecule is CC1NC(=O)c2cc([N+](=O)[O-])cc(I)c2OCCC(C(N)=O)NC(=O)C(CCC(=O)O)NC1=O. The summed E-state index contributed by atoms with van der Waals surface area (Å²) < 4.78 is 5.85. The van der Waals surface area contributed by atoms with Crippen molar-refractivity contribution in [2.75, 3.05) is 6.61 Å². The van der Waals surface area contributed by atoms with E-state index < -0.39 is 59.1 Å². The third kappa shape index (κ3) is 7.00. The van der Waals surface area contributed by atoms with Gasteiger partial charge in [0.2, 0.25) is 17.7 Å². The molecule has 2 rings (SSSR count). The van der Waals surface area contributed by atoms with Crippen LogP contribution < -0.4 is 26.4 Å². The van der Waals surface area contributed by atoms with Crippen LogP contribution in [0, 0.1) is 13.7 Å². The minimum atomic E-state index is -1.33. The first-order valence-electron chi connectivity index (χ1n) is 9.94. The van der Waals surface area contributed by atoms with Crippen molar-refractivity contribution in [2.24, 2.45) is 5.73 Å². The molecule has 0 aliphatic carbocycles. The van der Waals surface area contributed by atoms with Gasteiger partial charge in [-0.3, -0.25) is 34.1 Å². The molecule has 6 N–H and O–H groups in total. The predicted molar refractivity (Wildman–Crippen MR) is 123 cm³/mol. The van der Waals surface area contributed by atoms with Gasteiger partial charge in [0.15, 0.2) is 0 Å². The van der Waals surface area contributed by atoms with Gasteiger partial charge in [-0.15, -0.1) is 0 Å². The number of nitrogens with two attached hydrogens (primary N) is 1. The molecular formula is C19H22IN5O9. The zero-order chi connectivity index (χ0) is 25.6. The van der Waals surface area contributed by atoms with Crippen LogP contribution in [0.4, 0.5) is 5.69 Å². The van der Waals surface area contributed by atoms with Crippen LogP contribution in [0.15, 0.2) is 12.1 Å². The van der Waals surface area contributed by atoms with E-state index in [0.29, 0.717) is 0 Å². The van der Waals surface area contributed by atoms with E-state index in [0.717, 1.165) is 6.07 Å². The van der Waals surface area contributed by atoms with Gasteiger partial charge in [0.05, 0.1) is 20.7 Å². The Bertz CT molecular complexity index is 1030. The normalized spacial score (nSPS) is 21.6. The molecule has 3 atom stereocenters. The molecule has 1 aromatic carbocycles. The van der Waals surface area contributed by atoms with E-state index in [9.17, 15) is 34.1 Å². The summed E-state index contributed by atoms with van der Waals surface area (Å²) in [5, 5.41) is 27.3. The van der Waals surface area contributed by atoms with Crippen LogP contribution in [-0.4, -0.2) is 64.4 Å². The maximum absolute atomic E-state index is 12.9. The Kier molecular flexibility index (Phi) is 9.11. The highest BCUT2D eigenvalue weighted by molar-refractivity contribution is 14.1. The number of nitro benzene ring substituents is 1. The van der Waals surface area contributed by atoms with Crippen LogP contribution in [-0.2, 0) is 19.2 Å². The fourth-order valence-electron chi connectivity index (χ4n) is 3.01. The number of ether oxygens (including phenoxy) is 1. The van der Waals surface area contributed by atoms with Crippen LogP contribution in [0.2, 0.25) is 0 Å². The fourth-order valence-corrected chi connectivity index (χ4v) is 3.78. The molecule has 1 aromatic rings. The zero-order valence-corrected chi connectivity index (χ0v) is 20.0. The lowest BCUT2D eigenvalue weighted by Crippen LogP contribution is -2.56. The van der Waals surface area contributed by atoms with E-state index in [4.69, 9.17) is 15.6 Å². The molecule has 14 nitrogen and oxygen atoms in total. The number of carboxylic acids is 1. The summed E-state index contributed by atoms with van der Waals surface area (Å²) in [6.45, 7) is 1.10. The monoisotopic (exact) mass is 591 g/mol. The van der Waals surface area contributed by atoms with Crippen molar-refractivity contribution < 1.29 is 38.7 Å². The summed E-state index contributed by atoms with van der Waals surface area (Å²) in [6, 6.07) is -1.60. The quantitative estimate of drug-likeness (QED) is 0.168. The molecule has 3 unspecified atom stereocenters. The molecule has 0 saturated heterocycles. The van der Waals surface area contributed by atoms with Crippen LogP contribution in [0.3, 0.4) is 0 Å². The Morgan fingerprint density at radius 2 is 1.91 bits per heavy atom. The largest absolute Gasteiger partial charge is 0.492 e. The second-order valence-corrected chi connectivity index (χ2v) is 8.51. The molecule has 0 radical (unpaired) electrons. The summed E-state index contributed by atoms with van der Waals surface area (Å²) in [7, 11) is 0. The number of carbonyl (C=O) groups excluding carboxylic acids is 4. The van der Waals surface area contributed by atoms with Crippen molar-refractivity contribution >= 4 is 57.9 Å². The van der Waals surface area contributed by atoms with E-state index in [1.165, 1.54) is 13.0 Å². The summed E-state index contributed by atoms with van der Waals surface area (Å²) >= 11 is 1.75. The summed E-state index contributed by atoms with van der Waals surface area (Å²) in [5.41, 5.74) is 4.76. The lowest BCUT2D eigenvalue weighted by atomic mass is 10.1. The Morgan fingerprint density at radius 1 is 1.24 bits per heavy atom. The summed E-state index contributed by atoms with van der Waals surface area (Å²) in [4.78, 5) is 71.5. The molecule has 0 saturated carbocycles. The van der Waals surface area contributed by atoms with Crippen molar-refractivity contribution in [1.29, 1.82) is 0 Å². The number of halogens is 1. The molecule has 184 valence electrons. The van der Waals surface area contributed by atoms with Crippen molar-refractivity contribution in [2.45, 2.75) is 44.3 Å². The van der Waals surface area contributed by atoms with Crippen LogP contribution in [0.25, 0.3) is 0 Å². The number of fused-ring (bicyclic) bond motifs is 1. The van der Waals surface area contributed by atoms with Gasteiger partial charge in [-0.25, -0.2) is 0 Å². The number of primary amides is 1. The zero-order valence-electron chi connectivity index (χ0n) is 17.8. The number of aliphatic carboxylic acids is 1. The van der Waals surface area contributed by atoms with Gasteiger partial charge in [-0.1, -0.05) is 0 Å². The number of benzene rings is 1. The van der Waals surface area contributed by atoms with Crippen LogP contribution in [0.5, 0.6) is 5.75 Å². The topological polar surface area (TPSA) is 220 Å². The lowest BCUT2D eigenvalue weighted by molar-refractivity contribution is -0.385. The van der Waals surface area contributed by atoms with Crippen molar-refractivity contribution in [3.8, 4) is 5.75 Å². The number of carbonyl (C=O) groups is 5. The third-order valence-electron chi connectivity index (χ3n) is 4.82. The van der Waals surface area contributed by atoms with E-state index in [1.807, 2.05) is 0 Å². The van der Waals surface area contributed by atoms with Gasteiger partial charge in [-0.05, 0) is 35.9 Å². The number of nitrogens with zero attached hydrogens (tertiary/aromatic N) is 1. The number of hydrogen-bond donors (Lipinski definition) is 5. The molecule has 1 heterocycles. The van der Waals surface area contributed by atoms with E-state index in [-0.39, 0.29) is 40.0 Å². The van der Waals surface area contributed by atoms with Gasteiger partial charge in [0, 0.05) is 25.0 Å². The number of nitrogens with one attached hydrogen (secondary N) is 3. The Balaban J connectivity index is 2.46. The van der Waals surface area contributed by atoms with Gasteiger partial charge in [0.25, 0.3) is 11.6 Å². The Hall–Kier alpha value is -3.50. The highest BCUT2D eigenvalue weighted by Gasteiger charge is 2.30. The number of hydrogen-bond acceptors (Lipinski definition) is 8. The molecule has 34 heavy (non-hydrogen) atoms. The summed E-state index contributed by atoms with van der Waals surface area (Å²) in [5.74, 6) is -4.64. The average molecular weight is 591 g/mol. The van der Waals surface area contributed by atoms with Gasteiger partial charge in [-0.2, -0.15) is 0 Å². The van der Waals surface area contributed by atoms with Gasteiger partial charge >= 0.3 is 5.97 Å². The molecule has 1 aliphatic heterocycles. The first-order chi connectivity index (χ1) is 15.9. The molecule has 0 bridgehead atoms. The first-order valence-corrected chi connectivity index (χ1v) is 11.0. The number of non-ortho nitro benzene ring substituents is 1. The number of nitro groups is 1. The second-order valence-electron chi connectivity index (χ2n) is 7.35. The molecule has 15 heteroatoms. The molecule has 1 aliphatic rings. The molecular weight excluding hydrogens is 569 g/mol. The maximum atomic E-state index is 12.9. The third-order valence-corrected chi connectivity index (χ3v) is 5.62. The highest BCUT2D eigenvalue weighted by Crippen LogP contribution is 2.31. The lowest BCUT2D eigenvalue weighted by Gasteiger charge is -2.24. The molecule has 4 amide bonds. The van der Waals surface area contributed by atoms with Crippen LogP contribution in [0.1, 0.15) is 36.5 Å². The Labute approximate surface area is 206 Å². The van der Waals surface area contributed by atoms with Crippen molar-refractivity contribution in [3.63, 3.8) is 0 Å². The maximum Gasteiger partial charge on any atom is 0.303 e. The van der Waals surface area contributed by atoms with E-state index in [2.05, 4.69) is 16.0 Å². The fraction of sp³-hybridized carbons (Fsp3) is 0.421. The smallest absolute Gasteiger partial charge is 0.303 e. The van der Waals surface area contributed by atoms with E-state index in [1.54, 1.807) is 22.6 Å². The van der Waals surface area contributed by atoms with Gasteiger partial charge < -0.3 is 31.5 Å². The first kappa shape index (κ1) is 26.7. The average Bonchev–Trinajstić information content (AvgIpc) is 2.74. The summed E-state index contributed by atoms with van der Waals surface area (Å²) in [6.07, 6.45) is -0.882. The van der Waals surface area contributed by atoms with Crippen molar-refractivity contribution in [1.82, 2.24) is 16.0 Å². The minimum absolute atomic E-state index is 0.0118. The second kappa shape index (κ2) is 11.6. The number of amides is 4. The van der Waals surface area contributed by atoms with Crippen LogP contribution >= 0.6 is 22.6 Å².